The molecule has 0 aromatic carbocycles. The molecule has 0 radical (unpaired) electrons. The quantitative estimate of drug-likeness (QED) is 0.413. The van der Waals surface area contributed by atoms with Crippen LogP contribution in [0.4, 0.5) is 4.79 Å². The maximum atomic E-state index is 11.3. The van der Waals surface area contributed by atoms with Crippen LogP contribution >= 0.6 is 0 Å². The average molecular weight is 231 g/mol. The first kappa shape index (κ1) is 14.9. The van der Waals surface area contributed by atoms with Crippen molar-refractivity contribution in [3.63, 3.8) is 0 Å². The van der Waals surface area contributed by atoms with Crippen molar-refractivity contribution in [2.24, 2.45) is 0 Å². The molecule has 0 spiro atoms. The van der Waals surface area contributed by atoms with Gasteiger partial charge < -0.3 is 25.1 Å². The topological polar surface area (TPSA) is 70.7 Å². The number of nitrogens with zero attached hydrogens (tertiary/aromatic N) is 1. The molecule has 0 rings (SSSR count). The summed E-state index contributed by atoms with van der Waals surface area (Å²) < 4.78 is 5.31. The molecule has 0 aliphatic carbocycles. The Hall–Kier alpha value is -1.14. The zero-order valence-corrected chi connectivity index (χ0v) is 9.99. The standard InChI is InChI=1S/C10H21N3O3/c1-11-4-9-16-8-3-5-13(6-7-14)10(15)12-2/h7,11H,3-6,8-9H2,1-2H3,(H,12,15). The zero-order chi connectivity index (χ0) is 12.2. The van der Waals surface area contributed by atoms with Crippen LogP contribution in [0, 0.1) is 0 Å². The number of likely N-dealkylation sites (N-methyl/N-ethyl adjacent to an activating group) is 1. The molecule has 0 aromatic rings. The lowest BCUT2D eigenvalue weighted by molar-refractivity contribution is -0.108. The Labute approximate surface area is 96.3 Å². The number of carbonyl (C=O) groups excluding carboxylic acids is 2. The molecule has 0 aliphatic rings. The highest BCUT2D eigenvalue weighted by atomic mass is 16.5. The van der Waals surface area contributed by atoms with Gasteiger partial charge in [0, 0.05) is 26.7 Å². The summed E-state index contributed by atoms with van der Waals surface area (Å²) in [5, 5.41) is 5.46. The number of aldehydes is 1. The number of carbonyl (C=O) groups is 2. The van der Waals surface area contributed by atoms with Crippen LogP contribution in [0.5, 0.6) is 0 Å². The Morgan fingerprint density at radius 3 is 2.69 bits per heavy atom. The molecule has 0 saturated heterocycles. The summed E-state index contributed by atoms with van der Waals surface area (Å²) in [6.07, 6.45) is 1.45. The fourth-order valence-corrected chi connectivity index (χ4v) is 1.16. The summed E-state index contributed by atoms with van der Waals surface area (Å²) in [5.74, 6) is 0. The van der Waals surface area contributed by atoms with Gasteiger partial charge in [0.05, 0.1) is 13.2 Å². The predicted molar refractivity (Wildman–Crippen MR) is 61.5 cm³/mol. The molecule has 0 fully saturated rings. The van der Waals surface area contributed by atoms with E-state index in [9.17, 15) is 9.59 Å². The van der Waals surface area contributed by atoms with Gasteiger partial charge in [0.2, 0.25) is 0 Å². The molecule has 2 amide bonds. The van der Waals surface area contributed by atoms with Crippen LogP contribution < -0.4 is 10.6 Å². The first-order chi connectivity index (χ1) is 7.76. The van der Waals surface area contributed by atoms with E-state index in [0.29, 0.717) is 19.8 Å². The largest absolute Gasteiger partial charge is 0.380 e. The molecule has 6 nitrogen and oxygen atoms in total. The molecule has 0 heterocycles. The van der Waals surface area contributed by atoms with Crippen molar-refractivity contribution in [2.75, 3.05) is 46.9 Å². The second-order valence-electron chi connectivity index (χ2n) is 3.24. The molecular formula is C10H21N3O3. The van der Waals surface area contributed by atoms with Crippen molar-refractivity contribution >= 4 is 12.3 Å². The summed E-state index contributed by atoms with van der Waals surface area (Å²) in [6.45, 7) is 2.71. The first-order valence-electron chi connectivity index (χ1n) is 5.39. The Kier molecular flexibility index (Phi) is 9.64. The van der Waals surface area contributed by atoms with Crippen molar-refractivity contribution in [3.05, 3.63) is 0 Å². The molecule has 16 heavy (non-hydrogen) atoms. The van der Waals surface area contributed by atoms with Gasteiger partial charge in [-0.25, -0.2) is 4.79 Å². The number of urea groups is 1. The molecule has 0 saturated carbocycles. The second kappa shape index (κ2) is 10.4. The Bertz CT molecular complexity index is 200. The third kappa shape index (κ3) is 7.19. The lowest BCUT2D eigenvalue weighted by Crippen LogP contribution is -2.40. The van der Waals surface area contributed by atoms with E-state index in [2.05, 4.69) is 10.6 Å². The van der Waals surface area contributed by atoms with Crippen LogP contribution in [0.2, 0.25) is 0 Å². The van der Waals surface area contributed by atoms with E-state index in [1.165, 1.54) is 4.90 Å². The summed E-state index contributed by atoms with van der Waals surface area (Å²) in [5.41, 5.74) is 0. The molecule has 94 valence electrons. The van der Waals surface area contributed by atoms with Crippen molar-refractivity contribution in [1.29, 1.82) is 0 Å². The number of hydrogen-bond acceptors (Lipinski definition) is 4. The maximum Gasteiger partial charge on any atom is 0.317 e. The maximum absolute atomic E-state index is 11.3. The molecule has 0 bridgehead atoms. The van der Waals surface area contributed by atoms with Crippen LogP contribution in [0.1, 0.15) is 6.42 Å². The summed E-state index contributed by atoms with van der Waals surface area (Å²) in [4.78, 5) is 23.1. The fraction of sp³-hybridized carbons (Fsp3) is 0.800. The van der Waals surface area contributed by atoms with Gasteiger partial charge >= 0.3 is 6.03 Å². The Morgan fingerprint density at radius 1 is 1.38 bits per heavy atom. The Balaban J connectivity index is 3.59. The molecule has 0 unspecified atom stereocenters. The van der Waals surface area contributed by atoms with E-state index in [0.717, 1.165) is 19.3 Å². The number of nitrogens with one attached hydrogen (secondary N) is 2. The van der Waals surface area contributed by atoms with Gasteiger partial charge in [0.1, 0.15) is 6.29 Å². The van der Waals surface area contributed by atoms with E-state index in [4.69, 9.17) is 4.74 Å². The smallest absolute Gasteiger partial charge is 0.317 e. The van der Waals surface area contributed by atoms with Crippen LogP contribution in [-0.2, 0) is 9.53 Å². The molecular weight excluding hydrogens is 210 g/mol. The van der Waals surface area contributed by atoms with Crippen molar-refractivity contribution in [2.45, 2.75) is 6.42 Å². The van der Waals surface area contributed by atoms with E-state index < -0.39 is 0 Å². The first-order valence-corrected chi connectivity index (χ1v) is 5.39. The van der Waals surface area contributed by atoms with Gasteiger partial charge in [-0.05, 0) is 13.5 Å². The van der Waals surface area contributed by atoms with E-state index in [1.807, 2.05) is 7.05 Å². The highest BCUT2D eigenvalue weighted by Gasteiger charge is 2.09. The van der Waals surface area contributed by atoms with Gasteiger partial charge in [-0.1, -0.05) is 0 Å². The van der Waals surface area contributed by atoms with E-state index in [-0.39, 0.29) is 12.6 Å². The zero-order valence-electron chi connectivity index (χ0n) is 9.99. The summed E-state index contributed by atoms with van der Waals surface area (Å²) >= 11 is 0. The van der Waals surface area contributed by atoms with Crippen LogP contribution in [0.15, 0.2) is 0 Å². The van der Waals surface area contributed by atoms with Gasteiger partial charge in [-0.3, -0.25) is 0 Å². The highest BCUT2D eigenvalue weighted by molar-refractivity contribution is 5.76. The molecule has 2 N–H and O–H groups in total. The predicted octanol–water partition coefficient (Wildman–Crippen LogP) is -0.547. The van der Waals surface area contributed by atoms with Crippen molar-refractivity contribution < 1.29 is 14.3 Å². The van der Waals surface area contributed by atoms with Gasteiger partial charge in [-0.15, -0.1) is 0 Å². The number of hydrogen-bond donors (Lipinski definition) is 2. The third-order valence-electron chi connectivity index (χ3n) is 2.01. The minimum atomic E-state index is -0.234. The van der Waals surface area contributed by atoms with E-state index >= 15 is 0 Å². The average Bonchev–Trinajstić information content (AvgIpc) is 2.31. The third-order valence-corrected chi connectivity index (χ3v) is 2.01. The highest BCUT2D eigenvalue weighted by Crippen LogP contribution is 1.92. The monoisotopic (exact) mass is 231 g/mol. The summed E-state index contributed by atoms with van der Waals surface area (Å²) in [6, 6.07) is -0.234. The molecule has 6 heteroatoms. The minimum absolute atomic E-state index is 0.121. The molecule has 0 atom stereocenters. The van der Waals surface area contributed by atoms with Crippen molar-refractivity contribution in [1.82, 2.24) is 15.5 Å². The lowest BCUT2D eigenvalue weighted by Gasteiger charge is -2.19. The number of amides is 2. The SMILES string of the molecule is CNCCOCCCN(CC=O)C(=O)NC. The van der Waals surface area contributed by atoms with Crippen LogP contribution in [-0.4, -0.2) is 64.2 Å². The molecule has 0 aromatic heterocycles. The fourth-order valence-electron chi connectivity index (χ4n) is 1.16. The van der Waals surface area contributed by atoms with Crippen LogP contribution in [0.25, 0.3) is 0 Å². The van der Waals surface area contributed by atoms with E-state index in [1.54, 1.807) is 7.05 Å². The summed E-state index contributed by atoms with van der Waals surface area (Å²) in [7, 11) is 3.41. The Morgan fingerprint density at radius 2 is 2.12 bits per heavy atom. The van der Waals surface area contributed by atoms with Crippen LogP contribution in [0.3, 0.4) is 0 Å². The molecule has 0 aliphatic heterocycles. The van der Waals surface area contributed by atoms with Crippen molar-refractivity contribution in [3.8, 4) is 0 Å². The lowest BCUT2D eigenvalue weighted by atomic mass is 10.4. The van der Waals surface area contributed by atoms with Gasteiger partial charge in [-0.2, -0.15) is 0 Å². The number of ether oxygens (including phenoxy) is 1. The normalized spacial score (nSPS) is 9.88. The second-order valence-corrected chi connectivity index (χ2v) is 3.24. The van der Waals surface area contributed by atoms with Gasteiger partial charge in [0.15, 0.2) is 0 Å². The van der Waals surface area contributed by atoms with Gasteiger partial charge in [0.25, 0.3) is 0 Å². The minimum Gasteiger partial charge on any atom is -0.380 e. The number of rotatable bonds is 9.